The highest BCUT2D eigenvalue weighted by molar-refractivity contribution is 7.92. The van der Waals surface area contributed by atoms with E-state index in [2.05, 4.69) is 5.32 Å². The Bertz CT molecular complexity index is 624. The Kier molecular flexibility index (Phi) is 6.12. The SMILES string of the molecule is C[C@H](CC(=O)NCC[C@H]1CCCO1)S(=O)(=O)c1ccc(F)cc1. The van der Waals surface area contributed by atoms with Crippen LogP contribution in [0.2, 0.25) is 0 Å². The first-order valence-electron chi connectivity index (χ1n) is 7.77. The van der Waals surface area contributed by atoms with E-state index in [9.17, 15) is 17.6 Å². The van der Waals surface area contributed by atoms with E-state index in [1.54, 1.807) is 0 Å². The minimum atomic E-state index is -3.64. The maximum absolute atomic E-state index is 12.9. The van der Waals surface area contributed by atoms with E-state index in [1.165, 1.54) is 19.1 Å². The average molecular weight is 343 g/mol. The molecule has 2 rings (SSSR count). The quantitative estimate of drug-likeness (QED) is 0.769. The van der Waals surface area contributed by atoms with Gasteiger partial charge in [-0.3, -0.25) is 4.79 Å². The molecule has 1 N–H and O–H groups in total. The predicted octanol–water partition coefficient (Wildman–Crippen LogP) is 2.06. The molecule has 0 bridgehead atoms. The first-order valence-corrected chi connectivity index (χ1v) is 9.32. The number of hydrogen-bond donors (Lipinski definition) is 1. The van der Waals surface area contributed by atoms with E-state index in [4.69, 9.17) is 4.74 Å². The summed E-state index contributed by atoms with van der Waals surface area (Å²) in [4.78, 5) is 11.9. The summed E-state index contributed by atoms with van der Waals surface area (Å²) < 4.78 is 43.0. The lowest BCUT2D eigenvalue weighted by atomic mass is 10.2. The third-order valence-electron chi connectivity index (χ3n) is 3.96. The maximum Gasteiger partial charge on any atom is 0.221 e. The van der Waals surface area contributed by atoms with Crippen LogP contribution >= 0.6 is 0 Å². The van der Waals surface area contributed by atoms with Crippen LogP contribution in [-0.4, -0.2) is 38.8 Å². The largest absolute Gasteiger partial charge is 0.378 e. The zero-order valence-electron chi connectivity index (χ0n) is 13.1. The van der Waals surface area contributed by atoms with Gasteiger partial charge in [-0.25, -0.2) is 12.8 Å². The molecule has 1 saturated heterocycles. The summed E-state index contributed by atoms with van der Waals surface area (Å²) in [7, 11) is -3.64. The molecule has 1 aliphatic rings. The van der Waals surface area contributed by atoms with E-state index < -0.39 is 20.9 Å². The van der Waals surface area contributed by atoms with Crippen molar-refractivity contribution in [3.05, 3.63) is 30.1 Å². The van der Waals surface area contributed by atoms with E-state index in [1.807, 2.05) is 0 Å². The molecule has 1 amide bonds. The van der Waals surface area contributed by atoms with Gasteiger partial charge in [-0.2, -0.15) is 0 Å². The maximum atomic E-state index is 12.9. The molecule has 5 nitrogen and oxygen atoms in total. The summed E-state index contributed by atoms with van der Waals surface area (Å²) in [6.07, 6.45) is 2.86. The molecule has 128 valence electrons. The molecule has 0 spiro atoms. The van der Waals surface area contributed by atoms with E-state index >= 15 is 0 Å². The Morgan fingerprint density at radius 1 is 1.39 bits per heavy atom. The smallest absolute Gasteiger partial charge is 0.221 e. The van der Waals surface area contributed by atoms with Crippen molar-refractivity contribution in [2.75, 3.05) is 13.2 Å². The van der Waals surface area contributed by atoms with Crippen molar-refractivity contribution in [1.29, 1.82) is 0 Å². The van der Waals surface area contributed by atoms with Crippen LogP contribution in [0.15, 0.2) is 29.2 Å². The molecule has 1 aromatic rings. The molecular formula is C16H22FNO4S. The summed E-state index contributed by atoms with van der Waals surface area (Å²) in [5.41, 5.74) is 0. The number of rotatable bonds is 7. The highest BCUT2D eigenvalue weighted by Crippen LogP contribution is 2.19. The molecule has 0 radical (unpaired) electrons. The third-order valence-corrected chi connectivity index (χ3v) is 6.11. The van der Waals surface area contributed by atoms with Crippen molar-refractivity contribution in [2.45, 2.75) is 48.9 Å². The number of ether oxygens (including phenoxy) is 1. The first-order chi connectivity index (χ1) is 10.9. The van der Waals surface area contributed by atoms with Gasteiger partial charge in [0.25, 0.3) is 0 Å². The summed E-state index contributed by atoms with van der Waals surface area (Å²) in [6, 6.07) is 4.63. The third kappa shape index (κ3) is 5.00. The van der Waals surface area contributed by atoms with Gasteiger partial charge in [-0.1, -0.05) is 0 Å². The minimum absolute atomic E-state index is 0.0264. The van der Waals surface area contributed by atoms with Gasteiger partial charge in [0.2, 0.25) is 5.91 Å². The Morgan fingerprint density at radius 2 is 2.09 bits per heavy atom. The Morgan fingerprint density at radius 3 is 2.70 bits per heavy atom. The molecule has 1 aromatic carbocycles. The van der Waals surface area contributed by atoms with Gasteiger partial charge >= 0.3 is 0 Å². The second-order valence-electron chi connectivity index (χ2n) is 5.79. The highest BCUT2D eigenvalue weighted by atomic mass is 32.2. The second kappa shape index (κ2) is 7.88. The molecule has 0 unspecified atom stereocenters. The number of amides is 1. The second-order valence-corrected chi connectivity index (χ2v) is 8.15. The van der Waals surface area contributed by atoms with E-state index in [-0.39, 0.29) is 23.3 Å². The highest BCUT2D eigenvalue weighted by Gasteiger charge is 2.25. The fourth-order valence-corrected chi connectivity index (χ4v) is 3.89. The molecule has 7 heteroatoms. The van der Waals surface area contributed by atoms with Crippen LogP contribution in [0.3, 0.4) is 0 Å². The molecule has 0 saturated carbocycles. The summed E-state index contributed by atoms with van der Waals surface area (Å²) in [5, 5.41) is 1.86. The Hall–Kier alpha value is -1.47. The van der Waals surface area contributed by atoms with Crippen molar-refractivity contribution in [3.63, 3.8) is 0 Å². The topological polar surface area (TPSA) is 72.5 Å². The van der Waals surface area contributed by atoms with Crippen LogP contribution in [0.4, 0.5) is 4.39 Å². The van der Waals surface area contributed by atoms with Crippen LogP contribution in [0, 0.1) is 5.82 Å². The molecule has 1 fully saturated rings. The monoisotopic (exact) mass is 343 g/mol. The van der Waals surface area contributed by atoms with Gasteiger partial charge in [-0.15, -0.1) is 0 Å². The fourth-order valence-electron chi connectivity index (χ4n) is 2.54. The molecule has 23 heavy (non-hydrogen) atoms. The standard InChI is InChI=1S/C16H22FNO4S/c1-12(23(20,21)15-6-4-13(17)5-7-15)11-16(19)18-9-8-14-3-2-10-22-14/h4-7,12,14H,2-3,8-11H2,1H3,(H,18,19)/t12-,14-/m1/s1. The van der Waals surface area contributed by atoms with Crippen molar-refractivity contribution in [2.24, 2.45) is 0 Å². The molecule has 0 aliphatic carbocycles. The average Bonchev–Trinajstić information content (AvgIpc) is 3.01. The molecule has 2 atom stereocenters. The van der Waals surface area contributed by atoms with Crippen LogP contribution in [0.25, 0.3) is 0 Å². The number of halogens is 1. The molecule has 1 heterocycles. The lowest BCUT2D eigenvalue weighted by Crippen LogP contribution is -2.31. The predicted molar refractivity (Wildman–Crippen MR) is 84.3 cm³/mol. The lowest BCUT2D eigenvalue weighted by Gasteiger charge is -2.14. The number of nitrogens with one attached hydrogen (secondary N) is 1. The van der Waals surface area contributed by atoms with Crippen molar-refractivity contribution >= 4 is 15.7 Å². The van der Waals surface area contributed by atoms with E-state index in [0.717, 1.165) is 38.0 Å². The fraction of sp³-hybridized carbons (Fsp3) is 0.562. The van der Waals surface area contributed by atoms with Gasteiger partial charge < -0.3 is 10.1 Å². The number of benzene rings is 1. The zero-order chi connectivity index (χ0) is 16.9. The van der Waals surface area contributed by atoms with Crippen LogP contribution in [-0.2, 0) is 19.4 Å². The van der Waals surface area contributed by atoms with Gasteiger partial charge in [-0.05, 0) is 50.5 Å². The lowest BCUT2D eigenvalue weighted by molar-refractivity contribution is -0.121. The summed E-state index contributed by atoms with van der Waals surface area (Å²) in [5.74, 6) is -0.801. The number of sulfone groups is 1. The van der Waals surface area contributed by atoms with E-state index in [0.29, 0.717) is 6.54 Å². The number of carbonyl (C=O) groups is 1. The van der Waals surface area contributed by atoms with Crippen LogP contribution in [0.5, 0.6) is 0 Å². The summed E-state index contributed by atoms with van der Waals surface area (Å²) in [6.45, 7) is 2.73. The van der Waals surface area contributed by atoms with Gasteiger partial charge in [0.1, 0.15) is 5.82 Å². The minimum Gasteiger partial charge on any atom is -0.378 e. The van der Waals surface area contributed by atoms with Crippen molar-refractivity contribution < 1.29 is 22.3 Å². The molecule has 0 aromatic heterocycles. The van der Waals surface area contributed by atoms with Crippen LogP contribution < -0.4 is 5.32 Å². The Labute approximate surface area is 136 Å². The van der Waals surface area contributed by atoms with Crippen LogP contribution in [0.1, 0.15) is 32.6 Å². The molecular weight excluding hydrogens is 321 g/mol. The first kappa shape index (κ1) is 17.9. The van der Waals surface area contributed by atoms with Gasteiger partial charge in [0, 0.05) is 19.6 Å². The number of carbonyl (C=O) groups excluding carboxylic acids is 1. The van der Waals surface area contributed by atoms with Crippen molar-refractivity contribution in [3.8, 4) is 0 Å². The number of hydrogen-bond acceptors (Lipinski definition) is 4. The zero-order valence-corrected chi connectivity index (χ0v) is 13.9. The molecule has 1 aliphatic heterocycles. The summed E-state index contributed by atoms with van der Waals surface area (Å²) >= 11 is 0. The van der Waals surface area contributed by atoms with Gasteiger partial charge in [0.15, 0.2) is 9.84 Å². The van der Waals surface area contributed by atoms with Crippen molar-refractivity contribution in [1.82, 2.24) is 5.32 Å². The normalized spacial score (nSPS) is 19.5. The Balaban J connectivity index is 1.83. The van der Waals surface area contributed by atoms with Gasteiger partial charge in [0.05, 0.1) is 16.2 Å².